The zero-order valence-corrected chi connectivity index (χ0v) is 12.3. The third-order valence-corrected chi connectivity index (χ3v) is 3.95. The standard InChI is InChI=1S/C17H22N2O/c1-3-14-8-10-19(12-14)17(20)16-7-6-15(5-4-9-18)13(2)11-16/h6-7,11,14H,3,8-10,12,18H2,1-2H3. The van der Waals surface area contributed by atoms with Crippen molar-refractivity contribution in [3.05, 3.63) is 34.9 Å². The van der Waals surface area contributed by atoms with Gasteiger partial charge in [0.25, 0.3) is 5.91 Å². The fraction of sp³-hybridized carbons (Fsp3) is 0.471. The van der Waals surface area contributed by atoms with Crippen LogP contribution in [0, 0.1) is 24.7 Å². The molecule has 1 aliphatic heterocycles. The Balaban J connectivity index is 2.13. The first-order valence-corrected chi connectivity index (χ1v) is 7.24. The number of nitrogens with zero attached hydrogens (tertiary/aromatic N) is 1. The van der Waals surface area contributed by atoms with Crippen molar-refractivity contribution in [2.24, 2.45) is 11.7 Å². The predicted molar refractivity (Wildman–Crippen MR) is 81.4 cm³/mol. The summed E-state index contributed by atoms with van der Waals surface area (Å²) in [5.74, 6) is 6.67. The van der Waals surface area contributed by atoms with Crippen LogP contribution in [0.4, 0.5) is 0 Å². The van der Waals surface area contributed by atoms with E-state index in [9.17, 15) is 4.79 Å². The van der Waals surface area contributed by atoms with Gasteiger partial charge in [0.05, 0.1) is 6.54 Å². The number of nitrogens with two attached hydrogens (primary N) is 1. The molecule has 1 saturated heterocycles. The number of rotatable bonds is 2. The van der Waals surface area contributed by atoms with Crippen LogP contribution in [-0.2, 0) is 0 Å². The molecule has 2 rings (SSSR count). The van der Waals surface area contributed by atoms with E-state index < -0.39 is 0 Å². The summed E-state index contributed by atoms with van der Waals surface area (Å²) in [6, 6.07) is 5.72. The average molecular weight is 270 g/mol. The van der Waals surface area contributed by atoms with Crippen molar-refractivity contribution >= 4 is 5.91 Å². The molecule has 1 heterocycles. The zero-order valence-electron chi connectivity index (χ0n) is 12.3. The van der Waals surface area contributed by atoms with E-state index in [-0.39, 0.29) is 5.91 Å². The fourth-order valence-electron chi connectivity index (χ4n) is 2.62. The molecule has 1 aromatic carbocycles. The van der Waals surface area contributed by atoms with Gasteiger partial charge in [-0.2, -0.15) is 0 Å². The number of hydrogen-bond acceptors (Lipinski definition) is 2. The summed E-state index contributed by atoms with van der Waals surface area (Å²) >= 11 is 0. The van der Waals surface area contributed by atoms with Crippen LogP contribution in [0.15, 0.2) is 18.2 Å². The summed E-state index contributed by atoms with van der Waals surface area (Å²) in [6.45, 7) is 6.30. The topological polar surface area (TPSA) is 46.3 Å². The number of benzene rings is 1. The van der Waals surface area contributed by atoms with Gasteiger partial charge in [-0.3, -0.25) is 4.79 Å². The maximum absolute atomic E-state index is 12.5. The lowest BCUT2D eigenvalue weighted by molar-refractivity contribution is 0.0787. The maximum Gasteiger partial charge on any atom is 0.253 e. The third kappa shape index (κ3) is 3.20. The highest BCUT2D eigenvalue weighted by Crippen LogP contribution is 2.21. The summed E-state index contributed by atoms with van der Waals surface area (Å²) < 4.78 is 0. The van der Waals surface area contributed by atoms with E-state index >= 15 is 0 Å². The van der Waals surface area contributed by atoms with Crippen molar-refractivity contribution in [3.8, 4) is 11.8 Å². The molecule has 1 unspecified atom stereocenters. The van der Waals surface area contributed by atoms with Gasteiger partial charge in [-0.05, 0) is 43.0 Å². The minimum absolute atomic E-state index is 0.141. The van der Waals surface area contributed by atoms with Crippen molar-refractivity contribution in [1.29, 1.82) is 0 Å². The van der Waals surface area contributed by atoms with Crippen LogP contribution in [0.3, 0.4) is 0 Å². The quantitative estimate of drug-likeness (QED) is 0.837. The molecule has 3 heteroatoms. The molecule has 1 aromatic rings. The number of carbonyl (C=O) groups excluding carboxylic acids is 1. The molecule has 0 aliphatic carbocycles. The van der Waals surface area contributed by atoms with Gasteiger partial charge in [0.15, 0.2) is 0 Å². The highest BCUT2D eigenvalue weighted by molar-refractivity contribution is 5.94. The van der Waals surface area contributed by atoms with E-state index in [2.05, 4.69) is 18.8 Å². The maximum atomic E-state index is 12.5. The number of amides is 1. The summed E-state index contributed by atoms with van der Waals surface area (Å²) in [5.41, 5.74) is 8.12. The van der Waals surface area contributed by atoms with Gasteiger partial charge in [-0.25, -0.2) is 0 Å². The molecule has 1 fully saturated rings. The van der Waals surface area contributed by atoms with E-state index in [1.54, 1.807) is 0 Å². The van der Waals surface area contributed by atoms with Crippen LogP contribution < -0.4 is 5.73 Å². The molecular weight excluding hydrogens is 248 g/mol. The minimum Gasteiger partial charge on any atom is -0.338 e. The number of likely N-dealkylation sites (tertiary alicyclic amines) is 1. The molecule has 0 spiro atoms. The molecule has 1 aliphatic rings. The third-order valence-electron chi connectivity index (χ3n) is 3.95. The Bertz CT molecular complexity index is 554. The molecule has 1 amide bonds. The Labute approximate surface area is 121 Å². The first-order valence-electron chi connectivity index (χ1n) is 7.24. The molecule has 0 aromatic heterocycles. The van der Waals surface area contributed by atoms with E-state index in [0.717, 1.165) is 42.6 Å². The van der Waals surface area contributed by atoms with Gasteiger partial charge in [-0.15, -0.1) is 0 Å². The van der Waals surface area contributed by atoms with Crippen molar-refractivity contribution < 1.29 is 4.79 Å². The van der Waals surface area contributed by atoms with E-state index in [1.165, 1.54) is 0 Å². The van der Waals surface area contributed by atoms with Crippen molar-refractivity contribution in [3.63, 3.8) is 0 Å². The molecule has 3 nitrogen and oxygen atoms in total. The molecular formula is C17H22N2O. The largest absolute Gasteiger partial charge is 0.338 e. The number of aryl methyl sites for hydroxylation is 1. The van der Waals surface area contributed by atoms with Crippen LogP contribution >= 0.6 is 0 Å². The Morgan fingerprint density at radius 1 is 1.50 bits per heavy atom. The van der Waals surface area contributed by atoms with E-state index in [4.69, 9.17) is 5.73 Å². The van der Waals surface area contributed by atoms with Gasteiger partial charge in [0.1, 0.15) is 0 Å². The van der Waals surface area contributed by atoms with E-state index in [1.807, 2.05) is 30.0 Å². The zero-order chi connectivity index (χ0) is 14.5. The molecule has 0 bridgehead atoms. The highest BCUT2D eigenvalue weighted by atomic mass is 16.2. The lowest BCUT2D eigenvalue weighted by atomic mass is 10.0. The van der Waals surface area contributed by atoms with Crippen LogP contribution in [0.5, 0.6) is 0 Å². The molecule has 2 N–H and O–H groups in total. The number of hydrogen-bond donors (Lipinski definition) is 1. The Kier molecular flexibility index (Phi) is 4.81. The fourth-order valence-corrected chi connectivity index (χ4v) is 2.62. The van der Waals surface area contributed by atoms with Crippen molar-refractivity contribution in [2.75, 3.05) is 19.6 Å². The van der Waals surface area contributed by atoms with Gasteiger partial charge >= 0.3 is 0 Å². The second-order valence-electron chi connectivity index (χ2n) is 5.35. The predicted octanol–water partition coefficient (Wildman–Crippen LogP) is 2.18. The number of carbonyl (C=O) groups is 1. The van der Waals surface area contributed by atoms with Crippen LogP contribution in [0.1, 0.15) is 41.3 Å². The Morgan fingerprint density at radius 2 is 2.30 bits per heavy atom. The summed E-state index contributed by atoms with van der Waals surface area (Å²) in [4.78, 5) is 14.4. The summed E-state index contributed by atoms with van der Waals surface area (Å²) in [7, 11) is 0. The Morgan fingerprint density at radius 3 is 2.90 bits per heavy atom. The van der Waals surface area contributed by atoms with Crippen LogP contribution in [0.25, 0.3) is 0 Å². The first-order chi connectivity index (χ1) is 9.65. The van der Waals surface area contributed by atoms with Gasteiger partial charge in [0, 0.05) is 24.2 Å². The van der Waals surface area contributed by atoms with Gasteiger partial charge in [-0.1, -0.05) is 25.2 Å². The first kappa shape index (κ1) is 14.6. The average Bonchev–Trinajstić information content (AvgIpc) is 2.94. The molecule has 20 heavy (non-hydrogen) atoms. The second-order valence-corrected chi connectivity index (χ2v) is 5.35. The second kappa shape index (κ2) is 6.58. The summed E-state index contributed by atoms with van der Waals surface area (Å²) in [6.07, 6.45) is 2.28. The highest BCUT2D eigenvalue weighted by Gasteiger charge is 2.25. The normalized spacial score (nSPS) is 17.8. The van der Waals surface area contributed by atoms with Crippen molar-refractivity contribution in [1.82, 2.24) is 4.90 Å². The smallest absolute Gasteiger partial charge is 0.253 e. The van der Waals surface area contributed by atoms with Gasteiger partial charge < -0.3 is 10.6 Å². The molecule has 106 valence electrons. The Hall–Kier alpha value is -1.79. The lowest BCUT2D eigenvalue weighted by Gasteiger charge is -2.16. The molecule has 1 atom stereocenters. The lowest BCUT2D eigenvalue weighted by Crippen LogP contribution is -2.28. The molecule has 0 radical (unpaired) electrons. The monoisotopic (exact) mass is 270 g/mol. The van der Waals surface area contributed by atoms with Crippen LogP contribution in [0.2, 0.25) is 0 Å². The van der Waals surface area contributed by atoms with Crippen molar-refractivity contribution in [2.45, 2.75) is 26.7 Å². The van der Waals surface area contributed by atoms with Gasteiger partial charge in [0.2, 0.25) is 0 Å². The minimum atomic E-state index is 0.141. The van der Waals surface area contributed by atoms with Crippen LogP contribution in [-0.4, -0.2) is 30.4 Å². The van der Waals surface area contributed by atoms with E-state index in [0.29, 0.717) is 12.5 Å². The SMILES string of the molecule is CCC1CCN(C(=O)c2ccc(C#CCN)c(C)c2)C1. The summed E-state index contributed by atoms with van der Waals surface area (Å²) in [5, 5.41) is 0. The molecule has 0 saturated carbocycles.